The molecule has 1 N–H and O–H groups in total. The van der Waals surface area contributed by atoms with E-state index in [9.17, 15) is 34.6 Å². The molecule has 38 heavy (non-hydrogen) atoms. The summed E-state index contributed by atoms with van der Waals surface area (Å²) in [6.07, 6.45) is 0.803. The second kappa shape index (κ2) is 11.9. The summed E-state index contributed by atoms with van der Waals surface area (Å²) in [6, 6.07) is 10.6. The zero-order chi connectivity index (χ0) is 27.2. The SMILES string of the molecule is O=C(NCCCC1SC2CC(=O)N2C1C(=O)OCc1ccc([N+](=O)[O-])cc1)OCc1ccc([N+](=O)[O-])cc1. The lowest BCUT2D eigenvalue weighted by Crippen LogP contribution is -2.55. The van der Waals surface area contributed by atoms with Gasteiger partial charge in [0.05, 0.1) is 21.6 Å². The first-order chi connectivity index (χ1) is 18.2. The van der Waals surface area contributed by atoms with E-state index in [1.807, 2.05) is 0 Å². The number of hydrogen-bond acceptors (Lipinski definition) is 10. The molecule has 2 amide bonds. The van der Waals surface area contributed by atoms with Crippen LogP contribution in [0.2, 0.25) is 0 Å². The van der Waals surface area contributed by atoms with Gasteiger partial charge in [0, 0.05) is 36.1 Å². The summed E-state index contributed by atoms with van der Waals surface area (Å²) in [5, 5.41) is 23.8. The molecule has 13 nitrogen and oxygen atoms in total. The highest BCUT2D eigenvalue weighted by Crippen LogP contribution is 2.46. The van der Waals surface area contributed by atoms with Crippen molar-refractivity contribution in [1.29, 1.82) is 0 Å². The fourth-order valence-electron chi connectivity index (χ4n) is 4.16. The fourth-order valence-corrected chi connectivity index (χ4v) is 5.87. The number of carbonyl (C=O) groups is 3. The molecule has 0 aromatic heterocycles. The Morgan fingerprint density at radius 2 is 1.50 bits per heavy atom. The predicted molar refractivity (Wildman–Crippen MR) is 134 cm³/mol. The summed E-state index contributed by atoms with van der Waals surface area (Å²) in [6.45, 7) is 0.183. The van der Waals surface area contributed by atoms with Gasteiger partial charge in [-0.05, 0) is 48.2 Å². The van der Waals surface area contributed by atoms with Gasteiger partial charge < -0.3 is 19.7 Å². The molecule has 200 valence electrons. The van der Waals surface area contributed by atoms with Crippen molar-refractivity contribution < 1.29 is 33.7 Å². The number of esters is 1. The number of benzene rings is 2. The number of carbonyl (C=O) groups excluding carboxylic acids is 3. The average Bonchev–Trinajstić information content (AvgIpc) is 3.20. The standard InChI is InChI=1S/C24H24N4O9S/c29-20-12-21-26(20)22(23(30)36-13-15-3-7-17(8-4-15)27(32)33)19(38-21)2-1-11-25-24(31)37-14-16-5-9-18(10-6-16)28(34)35/h3-10,19,21-22H,1-2,11-14H2,(H,25,31). The number of thioether (sulfide) groups is 1. The molecule has 14 heteroatoms. The van der Waals surface area contributed by atoms with Crippen molar-refractivity contribution in [2.45, 2.75) is 49.1 Å². The highest BCUT2D eigenvalue weighted by atomic mass is 32.2. The Labute approximate surface area is 220 Å². The van der Waals surface area contributed by atoms with Crippen molar-refractivity contribution in [3.8, 4) is 0 Å². The van der Waals surface area contributed by atoms with Gasteiger partial charge in [0.25, 0.3) is 11.4 Å². The maximum Gasteiger partial charge on any atom is 0.407 e. The van der Waals surface area contributed by atoms with Crippen LogP contribution in [0.1, 0.15) is 30.4 Å². The average molecular weight is 545 g/mol. The minimum absolute atomic E-state index is 0.0380. The van der Waals surface area contributed by atoms with Crippen molar-refractivity contribution in [2.75, 3.05) is 6.54 Å². The number of amides is 2. The van der Waals surface area contributed by atoms with E-state index >= 15 is 0 Å². The number of nitrogens with zero attached hydrogens (tertiary/aromatic N) is 3. The zero-order valence-corrected chi connectivity index (χ0v) is 20.8. The van der Waals surface area contributed by atoms with E-state index in [4.69, 9.17) is 9.47 Å². The van der Waals surface area contributed by atoms with E-state index < -0.39 is 28.0 Å². The second-order valence-corrected chi connectivity index (χ2v) is 10.1. The number of ether oxygens (including phenoxy) is 2. The minimum Gasteiger partial charge on any atom is -0.459 e. The number of non-ortho nitro benzene ring substituents is 2. The van der Waals surface area contributed by atoms with Gasteiger partial charge in [0.15, 0.2) is 0 Å². The van der Waals surface area contributed by atoms with Crippen LogP contribution in [-0.4, -0.2) is 55.9 Å². The van der Waals surface area contributed by atoms with Crippen molar-refractivity contribution in [3.63, 3.8) is 0 Å². The normalized spacial score (nSPS) is 19.7. The quantitative estimate of drug-likeness (QED) is 0.145. The molecular formula is C24H24N4O9S. The van der Waals surface area contributed by atoms with E-state index in [0.717, 1.165) is 0 Å². The number of nitrogens with one attached hydrogen (secondary N) is 1. The summed E-state index contributed by atoms with van der Waals surface area (Å²) in [7, 11) is 0. The lowest BCUT2D eigenvalue weighted by atomic mass is 10.0. The summed E-state index contributed by atoms with van der Waals surface area (Å²) in [5.41, 5.74) is 1.08. The van der Waals surface area contributed by atoms with Crippen molar-refractivity contribution in [1.82, 2.24) is 10.2 Å². The van der Waals surface area contributed by atoms with Crippen LogP contribution in [0.3, 0.4) is 0 Å². The van der Waals surface area contributed by atoms with Crippen molar-refractivity contribution in [3.05, 3.63) is 79.9 Å². The van der Waals surface area contributed by atoms with Gasteiger partial charge in [-0.2, -0.15) is 0 Å². The maximum absolute atomic E-state index is 12.9. The van der Waals surface area contributed by atoms with Crippen LogP contribution in [0.5, 0.6) is 0 Å². The summed E-state index contributed by atoms with van der Waals surface area (Å²) < 4.78 is 10.6. The molecule has 3 atom stereocenters. The molecule has 0 aliphatic carbocycles. The van der Waals surface area contributed by atoms with Crippen LogP contribution < -0.4 is 5.32 Å². The third-order valence-corrected chi connectivity index (χ3v) is 7.70. The Kier molecular flexibility index (Phi) is 8.41. The fraction of sp³-hybridized carbons (Fsp3) is 0.375. The van der Waals surface area contributed by atoms with E-state index in [-0.39, 0.29) is 41.1 Å². The van der Waals surface area contributed by atoms with Gasteiger partial charge in [0.2, 0.25) is 5.91 Å². The Bertz CT molecular complexity index is 1220. The highest BCUT2D eigenvalue weighted by Gasteiger charge is 2.54. The molecule has 2 heterocycles. The predicted octanol–water partition coefficient (Wildman–Crippen LogP) is 3.30. The van der Waals surface area contributed by atoms with Gasteiger partial charge in [-0.1, -0.05) is 0 Å². The van der Waals surface area contributed by atoms with E-state index in [0.29, 0.717) is 36.9 Å². The molecule has 0 bridgehead atoms. The van der Waals surface area contributed by atoms with Gasteiger partial charge >= 0.3 is 12.1 Å². The molecule has 2 aromatic rings. The molecule has 2 fully saturated rings. The van der Waals surface area contributed by atoms with Crippen molar-refractivity contribution in [2.24, 2.45) is 0 Å². The lowest BCUT2D eigenvalue weighted by Gasteiger charge is -2.36. The second-order valence-electron chi connectivity index (χ2n) is 8.68. The van der Waals surface area contributed by atoms with E-state index in [1.165, 1.54) is 60.3 Å². The summed E-state index contributed by atoms with van der Waals surface area (Å²) in [5.74, 6) is -0.651. The smallest absolute Gasteiger partial charge is 0.407 e. The van der Waals surface area contributed by atoms with Crippen molar-refractivity contribution >= 4 is 41.1 Å². The largest absolute Gasteiger partial charge is 0.459 e. The highest BCUT2D eigenvalue weighted by molar-refractivity contribution is 8.01. The Morgan fingerprint density at radius 1 is 0.947 bits per heavy atom. The first-order valence-corrected chi connectivity index (χ1v) is 12.7. The van der Waals surface area contributed by atoms with Crippen LogP contribution in [0.15, 0.2) is 48.5 Å². The number of nitro groups is 2. The molecule has 2 aromatic carbocycles. The number of fused-ring (bicyclic) bond motifs is 1. The molecule has 2 aliphatic rings. The molecule has 2 aliphatic heterocycles. The van der Waals surface area contributed by atoms with Crippen LogP contribution in [-0.2, 0) is 32.3 Å². The van der Waals surface area contributed by atoms with E-state index in [2.05, 4.69) is 5.32 Å². The molecule has 0 spiro atoms. The summed E-state index contributed by atoms with van der Waals surface area (Å²) >= 11 is 1.53. The van der Waals surface area contributed by atoms with Gasteiger partial charge in [-0.15, -0.1) is 11.8 Å². The first-order valence-electron chi connectivity index (χ1n) is 11.7. The number of nitro benzene ring substituents is 2. The van der Waals surface area contributed by atoms with Crippen LogP contribution in [0.4, 0.5) is 16.2 Å². The van der Waals surface area contributed by atoms with Crippen LogP contribution >= 0.6 is 11.8 Å². The lowest BCUT2D eigenvalue weighted by molar-refractivity contribution is -0.385. The molecule has 4 rings (SSSR count). The number of hydrogen-bond donors (Lipinski definition) is 1. The molecule has 0 radical (unpaired) electrons. The Balaban J connectivity index is 1.21. The monoisotopic (exact) mass is 544 g/mol. The van der Waals surface area contributed by atoms with Crippen LogP contribution in [0, 0.1) is 20.2 Å². The topological polar surface area (TPSA) is 171 Å². The summed E-state index contributed by atoms with van der Waals surface area (Å²) in [4.78, 5) is 59.0. The molecule has 3 unspecified atom stereocenters. The minimum atomic E-state index is -0.738. The molecular weight excluding hydrogens is 520 g/mol. The van der Waals surface area contributed by atoms with Gasteiger partial charge in [-0.3, -0.25) is 25.0 Å². The van der Waals surface area contributed by atoms with Gasteiger partial charge in [-0.25, -0.2) is 9.59 Å². The molecule has 2 saturated heterocycles. The number of alkyl carbamates (subject to hydrolysis) is 1. The first kappa shape index (κ1) is 26.9. The third kappa shape index (κ3) is 6.37. The maximum atomic E-state index is 12.9. The Morgan fingerprint density at radius 3 is 2.03 bits per heavy atom. The number of β-lactam (4-membered cyclic amide) rings is 1. The Hall–Kier alpha value is -4.20. The third-order valence-electron chi connectivity index (χ3n) is 6.15. The zero-order valence-electron chi connectivity index (χ0n) is 20.0. The van der Waals surface area contributed by atoms with Crippen LogP contribution in [0.25, 0.3) is 0 Å². The molecule has 0 saturated carbocycles. The van der Waals surface area contributed by atoms with E-state index in [1.54, 1.807) is 4.90 Å². The van der Waals surface area contributed by atoms with Gasteiger partial charge in [0.1, 0.15) is 19.3 Å². The number of rotatable bonds is 11.